The number of carboxylic acids is 1. The van der Waals surface area contributed by atoms with E-state index in [0.717, 1.165) is 19.3 Å². The quantitative estimate of drug-likeness (QED) is 0.660. The van der Waals surface area contributed by atoms with Gasteiger partial charge in [-0.3, -0.25) is 9.59 Å². The summed E-state index contributed by atoms with van der Waals surface area (Å²) in [7, 11) is 0. The molecule has 0 aliphatic heterocycles. The van der Waals surface area contributed by atoms with E-state index in [-0.39, 0.29) is 17.9 Å². The van der Waals surface area contributed by atoms with Crippen molar-refractivity contribution in [3.05, 3.63) is 0 Å². The second-order valence-corrected chi connectivity index (χ2v) is 5.40. The van der Waals surface area contributed by atoms with Crippen molar-refractivity contribution in [1.29, 1.82) is 0 Å². The molecule has 0 heterocycles. The number of carbonyl (C=O) groups is 2. The number of hydrogen-bond donors (Lipinski definition) is 2. The van der Waals surface area contributed by atoms with Crippen LogP contribution in [-0.4, -0.2) is 36.2 Å². The Morgan fingerprint density at radius 1 is 1.26 bits per heavy atom. The van der Waals surface area contributed by atoms with Crippen LogP contribution in [0, 0.1) is 11.8 Å². The fourth-order valence-corrected chi connectivity index (χ4v) is 2.46. The predicted molar refractivity (Wildman–Crippen MR) is 71.8 cm³/mol. The lowest BCUT2D eigenvalue weighted by atomic mass is 9.95. The second kappa shape index (κ2) is 8.15. The van der Waals surface area contributed by atoms with Gasteiger partial charge in [0.1, 0.15) is 0 Å². The lowest BCUT2D eigenvalue weighted by Crippen LogP contribution is -2.35. The number of nitrogens with one attached hydrogen (secondary N) is 1. The van der Waals surface area contributed by atoms with Gasteiger partial charge in [0.15, 0.2) is 0 Å². The van der Waals surface area contributed by atoms with Crippen LogP contribution in [0.2, 0.25) is 0 Å². The molecule has 2 atom stereocenters. The zero-order valence-corrected chi connectivity index (χ0v) is 11.9. The first kappa shape index (κ1) is 16.0. The van der Waals surface area contributed by atoms with Crippen LogP contribution in [0.4, 0.5) is 0 Å². The summed E-state index contributed by atoms with van der Waals surface area (Å²) in [5.74, 6) is -1.79. The lowest BCUT2D eigenvalue weighted by molar-refractivity contribution is -0.146. The van der Waals surface area contributed by atoms with Gasteiger partial charge in [0, 0.05) is 13.2 Å². The minimum absolute atomic E-state index is 0.102. The van der Waals surface area contributed by atoms with Crippen molar-refractivity contribution in [3.8, 4) is 0 Å². The number of unbranched alkanes of at least 4 members (excludes halogenated alkanes) is 1. The highest BCUT2D eigenvalue weighted by molar-refractivity contribution is 5.85. The maximum absolute atomic E-state index is 11.9. The Bertz CT molecular complexity index is 304. The number of ether oxygens (including phenoxy) is 1. The predicted octanol–water partition coefficient (Wildman–Crippen LogP) is 1.81. The molecule has 1 aliphatic rings. The Kier molecular flexibility index (Phi) is 6.84. The van der Waals surface area contributed by atoms with Gasteiger partial charge in [0.25, 0.3) is 0 Å². The molecule has 110 valence electrons. The molecule has 1 aliphatic carbocycles. The van der Waals surface area contributed by atoms with Gasteiger partial charge < -0.3 is 15.2 Å². The second-order valence-electron chi connectivity index (χ2n) is 5.40. The first-order valence-electron chi connectivity index (χ1n) is 7.14. The van der Waals surface area contributed by atoms with Crippen LogP contribution in [0.3, 0.4) is 0 Å². The first-order valence-corrected chi connectivity index (χ1v) is 7.14. The van der Waals surface area contributed by atoms with E-state index < -0.39 is 11.9 Å². The summed E-state index contributed by atoms with van der Waals surface area (Å²) in [5.41, 5.74) is 0. The highest BCUT2D eigenvalue weighted by atomic mass is 16.5. The van der Waals surface area contributed by atoms with Crippen LogP contribution in [0.1, 0.15) is 46.0 Å². The summed E-state index contributed by atoms with van der Waals surface area (Å²) < 4.78 is 5.41. The van der Waals surface area contributed by atoms with E-state index in [1.165, 1.54) is 0 Å². The Balaban J connectivity index is 2.15. The van der Waals surface area contributed by atoms with Crippen molar-refractivity contribution >= 4 is 11.9 Å². The SMILES string of the molecule is CC(C)OCCCCNC(=O)C1CCCC1C(=O)O. The Morgan fingerprint density at radius 3 is 2.58 bits per heavy atom. The van der Waals surface area contributed by atoms with Crippen molar-refractivity contribution in [1.82, 2.24) is 5.32 Å². The highest BCUT2D eigenvalue weighted by Crippen LogP contribution is 2.31. The van der Waals surface area contributed by atoms with Crippen molar-refractivity contribution < 1.29 is 19.4 Å². The summed E-state index contributed by atoms with van der Waals surface area (Å²) in [5, 5.41) is 11.9. The third-order valence-corrected chi connectivity index (χ3v) is 3.49. The third kappa shape index (κ3) is 5.59. The van der Waals surface area contributed by atoms with Gasteiger partial charge >= 0.3 is 5.97 Å². The third-order valence-electron chi connectivity index (χ3n) is 3.49. The van der Waals surface area contributed by atoms with Crippen LogP contribution in [0.5, 0.6) is 0 Å². The summed E-state index contributed by atoms with van der Waals surface area (Å²) in [4.78, 5) is 22.9. The smallest absolute Gasteiger partial charge is 0.307 e. The summed E-state index contributed by atoms with van der Waals surface area (Å²) >= 11 is 0. The van der Waals surface area contributed by atoms with E-state index in [4.69, 9.17) is 9.84 Å². The van der Waals surface area contributed by atoms with E-state index in [1.54, 1.807) is 0 Å². The number of aliphatic carboxylic acids is 1. The van der Waals surface area contributed by atoms with Crippen LogP contribution in [0.25, 0.3) is 0 Å². The minimum atomic E-state index is -0.844. The largest absolute Gasteiger partial charge is 0.481 e. The van der Waals surface area contributed by atoms with E-state index in [2.05, 4.69) is 5.32 Å². The van der Waals surface area contributed by atoms with Gasteiger partial charge in [-0.2, -0.15) is 0 Å². The highest BCUT2D eigenvalue weighted by Gasteiger charge is 2.37. The van der Waals surface area contributed by atoms with E-state index in [0.29, 0.717) is 26.0 Å². The molecule has 0 saturated heterocycles. The number of carbonyl (C=O) groups excluding carboxylic acids is 1. The molecule has 0 spiro atoms. The molecule has 2 unspecified atom stereocenters. The zero-order chi connectivity index (χ0) is 14.3. The van der Waals surface area contributed by atoms with Gasteiger partial charge in [0.2, 0.25) is 5.91 Å². The summed E-state index contributed by atoms with van der Waals surface area (Å²) in [6.07, 6.45) is 4.16. The fourth-order valence-electron chi connectivity index (χ4n) is 2.46. The molecule has 19 heavy (non-hydrogen) atoms. The zero-order valence-electron chi connectivity index (χ0n) is 11.9. The molecule has 2 N–H and O–H groups in total. The summed E-state index contributed by atoms with van der Waals surface area (Å²) in [6.45, 7) is 5.29. The van der Waals surface area contributed by atoms with Crippen LogP contribution >= 0.6 is 0 Å². The van der Waals surface area contributed by atoms with E-state index in [1.807, 2.05) is 13.8 Å². The number of amides is 1. The van der Waals surface area contributed by atoms with E-state index >= 15 is 0 Å². The fraction of sp³-hybridized carbons (Fsp3) is 0.857. The monoisotopic (exact) mass is 271 g/mol. The Labute approximate surface area is 114 Å². The number of hydrogen-bond acceptors (Lipinski definition) is 3. The van der Waals surface area contributed by atoms with Gasteiger partial charge in [-0.05, 0) is 39.5 Å². The molecule has 5 nitrogen and oxygen atoms in total. The van der Waals surface area contributed by atoms with Gasteiger partial charge in [-0.25, -0.2) is 0 Å². The Hall–Kier alpha value is -1.10. The van der Waals surface area contributed by atoms with Gasteiger partial charge in [0.05, 0.1) is 17.9 Å². The Morgan fingerprint density at radius 2 is 1.95 bits per heavy atom. The standard InChI is InChI=1S/C14H25NO4/c1-10(2)19-9-4-3-8-15-13(16)11-6-5-7-12(11)14(17)18/h10-12H,3-9H2,1-2H3,(H,15,16)(H,17,18). The van der Waals surface area contributed by atoms with Crippen molar-refractivity contribution in [3.63, 3.8) is 0 Å². The average Bonchev–Trinajstić information content (AvgIpc) is 2.82. The topological polar surface area (TPSA) is 75.6 Å². The molecule has 1 saturated carbocycles. The molecule has 0 aromatic rings. The van der Waals surface area contributed by atoms with Crippen molar-refractivity contribution in [2.45, 2.75) is 52.1 Å². The van der Waals surface area contributed by atoms with Crippen molar-refractivity contribution in [2.24, 2.45) is 11.8 Å². The molecule has 0 bridgehead atoms. The molecule has 1 fully saturated rings. The maximum atomic E-state index is 11.9. The molecule has 5 heteroatoms. The average molecular weight is 271 g/mol. The molecular formula is C14H25NO4. The molecule has 1 amide bonds. The first-order chi connectivity index (χ1) is 9.02. The van der Waals surface area contributed by atoms with Gasteiger partial charge in [-0.15, -0.1) is 0 Å². The molecule has 0 radical (unpaired) electrons. The molecular weight excluding hydrogens is 246 g/mol. The minimum Gasteiger partial charge on any atom is -0.481 e. The normalized spacial score (nSPS) is 22.7. The lowest BCUT2D eigenvalue weighted by Gasteiger charge is -2.15. The molecule has 0 aromatic heterocycles. The maximum Gasteiger partial charge on any atom is 0.307 e. The molecule has 1 rings (SSSR count). The van der Waals surface area contributed by atoms with Gasteiger partial charge in [-0.1, -0.05) is 6.42 Å². The van der Waals surface area contributed by atoms with Crippen LogP contribution in [-0.2, 0) is 14.3 Å². The number of carboxylic acid groups (broad SMARTS) is 1. The summed E-state index contributed by atoms with van der Waals surface area (Å²) in [6, 6.07) is 0. The van der Waals surface area contributed by atoms with Crippen molar-refractivity contribution in [2.75, 3.05) is 13.2 Å². The van der Waals surface area contributed by atoms with E-state index in [9.17, 15) is 9.59 Å². The van der Waals surface area contributed by atoms with Crippen LogP contribution in [0.15, 0.2) is 0 Å². The molecule has 0 aromatic carbocycles. The van der Waals surface area contributed by atoms with Crippen LogP contribution < -0.4 is 5.32 Å². The number of rotatable bonds is 8.